The molecule has 2 fully saturated rings. The van der Waals surface area contributed by atoms with Gasteiger partial charge in [-0.1, -0.05) is 23.7 Å². The van der Waals surface area contributed by atoms with E-state index in [9.17, 15) is 18.0 Å². The average molecular weight is 556 g/mol. The third kappa shape index (κ3) is 6.15. The number of carbonyl (C=O) groups excluding carboxylic acids is 2. The zero-order valence-corrected chi connectivity index (χ0v) is 22.5. The second-order valence-electron chi connectivity index (χ2n) is 9.74. The van der Waals surface area contributed by atoms with E-state index in [1.807, 2.05) is 12.1 Å². The minimum atomic E-state index is -3.93. The lowest BCUT2D eigenvalue weighted by Gasteiger charge is -2.37. The Morgan fingerprint density at radius 2 is 1.68 bits per heavy atom. The summed E-state index contributed by atoms with van der Waals surface area (Å²) in [6, 6.07) is 13.1. The Hall–Kier alpha value is -3.05. The summed E-state index contributed by atoms with van der Waals surface area (Å²) in [7, 11) is -3.93. The first-order chi connectivity index (χ1) is 18.3. The fraction of sp³-hybridized carbons (Fsp3) is 0.370. The summed E-state index contributed by atoms with van der Waals surface area (Å²) in [6.07, 6.45) is 4.55. The van der Waals surface area contributed by atoms with E-state index in [1.165, 1.54) is 16.5 Å². The van der Waals surface area contributed by atoms with Gasteiger partial charge in [0.05, 0.1) is 11.4 Å². The van der Waals surface area contributed by atoms with Crippen LogP contribution in [0, 0.1) is 0 Å². The summed E-state index contributed by atoms with van der Waals surface area (Å²) in [5.41, 5.74) is 1.18. The van der Waals surface area contributed by atoms with Gasteiger partial charge in [0, 0.05) is 56.7 Å². The van der Waals surface area contributed by atoms with E-state index in [0.717, 1.165) is 30.4 Å². The average Bonchev–Trinajstić information content (AvgIpc) is 2.91. The molecule has 2 amide bonds. The highest BCUT2D eigenvalue weighted by Gasteiger charge is 2.34. The van der Waals surface area contributed by atoms with Crippen LogP contribution >= 0.6 is 11.6 Å². The molecule has 0 radical (unpaired) electrons. The third-order valence-corrected chi connectivity index (χ3v) is 8.82. The summed E-state index contributed by atoms with van der Waals surface area (Å²) in [4.78, 5) is 35.8. The van der Waals surface area contributed by atoms with Crippen molar-refractivity contribution in [3.63, 3.8) is 0 Å². The first kappa shape index (κ1) is 26.6. The number of rotatable bonds is 7. The first-order valence-electron chi connectivity index (χ1n) is 12.7. The number of fused-ring (bicyclic) bond motifs is 1. The standard InChI is InChI=1S/C27H30ClN5O4S/c28-23-5-3-22-17-24(6-4-21(22)16-23)38(36,37)30-25-2-1-11-33(27(25)35)19-26(34)32-14-12-31(13-15-32)18-20-7-9-29-10-8-20/h3-10,16-17,25,30H,1-2,11-15,18-19H2/t25-/m0/s1. The maximum absolute atomic E-state index is 13.2. The van der Waals surface area contributed by atoms with Gasteiger partial charge in [0.1, 0.15) is 6.04 Å². The molecule has 3 heterocycles. The predicted octanol–water partition coefficient (Wildman–Crippen LogP) is 2.50. The molecule has 2 saturated heterocycles. The molecule has 0 unspecified atom stereocenters. The molecule has 2 aliphatic heterocycles. The van der Waals surface area contributed by atoms with Crippen LogP contribution in [0.3, 0.4) is 0 Å². The SMILES string of the molecule is O=C(CN1CCC[C@H](NS(=O)(=O)c2ccc3cc(Cl)ccc3c2)C1=O)N1CCN(Cc2ccncc2)CC1. The lowest BCUT2D eigenvalue weighted by Crippen LogP contribution is -2.56. The molecule has 2 aliphatic rings. The lowest BCUT2D eigenvalue weighted by atomic mass is 10.1. The maximum Gasteiger partial charge on any atom is 0.242 e. The summed E-state index contributed by atoms with van der Waals surface area (Å²) in [5, 5.41) is 2.13. The molecule has 11 heteroatoms. The van der Waals surface area contributed by atoms with E-state index >= 15 is 0 Å². The van der Waals surface area contributed by atoms with Gasteiger partial charge >= 0.3 is 0 Å². The van der Waals surface area contributed by atoms with E-state index in [-0.39, 0.29) is 23.3 Å². The number of pyridine rings is 1. The van der Waals surface area contributed by atoms with Crippen LogP contribution in [0.25, 0.3) is 10.8 Å². The van der Waals surface area contributed by atoms with E-state index in [1.54, 1.807) is 47.6 Å². The first-order valence-corrected chi connectivity index (χ1v) is 14.5. The highest BCUT2D eigenvalue weighted by Crippen LogP contribution is 2.23. The molecule has 1 N–H and O–H groups in total. The Bertz CT molecular complexity index is 1430. The van der Waals surface area contributed by atoms with E-state index < -0.39 is 16.1 Å². The van der Waals surface area contributed by atoms with Gasteiger partial charge in [0.25, 0.3) is 0 Å². The van der Waals surface area contributed by atoms with E-state index in [0.29, 0.717) is 37.5 Å². The highest BCUT2D eigenvalue weighted by atomic mass is 35.5. The van der Waals surface area contributed by atoms with E-state index in [2.05, 4.69) is 14.6 Å². The Morgan fingerprint density at radius 3 is 2.45 bits per heavy atom. The van der Waals surface area contributed by atoms with Crippen LogP contribution in [0.15, 0.2) is 65.8 Å². The normalized spacial score (nSPS) is 19.2. The van der Waals surface area contributed by atoms with Gasteiger partial charge in [-0.3, -0.25) is 19.5 Å². The van der Waals surface area contributed by atoms with Crippen molar-refractivity contribution in [3.8, 4) is 0 Å². The van der Waals surface area contributed by atoms with Crippen LogP contribution in [0.4, 0.5) is 0 Å². The Kier molecular flexibility index (Phi) is 7.94. The number of benzene rings is 2. The summed E-state index contributed by atoms with van der Waals surface area (Å²) >= 11 is 6.02. The van der Waals surface area contributed by atoms with Crippen molar-refractivity contribution in [1.82, 2.24) is 24.4 Å². The van der Waals surface area contributed by atoms with Crippen molar-refractivity contribution < 1.29 is 18.0 Å². The molecule has 38 heavy (non-hydrogen) atoms. The predicted molar refractivity (Wildman–Crippen MR) is 145 cm³/mol. The number of hydrogen-bond acceptors (Lipinski definition) is 6. The van der Waals surface area contributed by atoms with Crippen molar-refractivity contribution >= 4 is 44.2 Å². The number of aromatic nitrogens is 1. The molecular formula is C27H30ClN5O4S. The van der Waals surface area contributed by atoms with Crippen LogP contribution < -0.4 is 4.72 Å². The number of nitrogens with zero attached hydrogens (tertiary/aromatic N) is 4. The Morgan fingerprint density at radius 1 is 0.974 bits per heavy atom. The van der Waals surface area contributed by atoms with Gasteiger partial charge < -0.3 is 9.80 Å². The smallest absolute Gasteiger partial charge is 0.242 e. The number of amides is 2. The molecule has 0 saturated carbocycles. The number of piperazine rings is 1. The van der Waals surface area contributed by atoms with Crippen molar-refractivity contribution in [2.75, 3.05) is 39.3 Å². The Labute approximate surface area is 227 Å². The van der Waals surface area contributed by atoms with Crippen molar-refractivity contribution in [3.05, 3.63) is 71.5 Å². The fourth-order valence-electron chi connectivity index (χ4n) is 4.99. The molecule has 0 spiro atoms. The number of carbonyl (C=O) groups is 2. The third-order valence-electron chi connectivity index (χ3n) is 7.12. The summed E-state index contributed by atoms with van der Waals surface area (Å²) in [6.45, 7) is 3.89. The van der Waals surface area contributed by atoms with Crippen molar-refractivity contribution in [1.29, 1.82) is 0 Å². The molecule has 1 atom stereocenters. The van der Waals surface area contributed by atoms with Crippen LogP contribution in [-0.2, 0) is 26.2 Å². The van der Waals surface area contributed by atoms with Gasteiger partial charge in [0.15, 0.2) is 0 Å². The largest absolute Gasteiger partial charge is 0.339 e. The molecule has 0 aliphatic carbocycles. The second-order valence-corrected chi connectivity index (χ2v) is 11.9. The van der Waals surface area contributed by atoms with Crippen LogP contribution in [0.1, 0.15) is 18.4 Å². The molecule has 5 rings (SSSR count). The zero-order valence-electron chi connectivity index (χ0n) is 20.9. The number of nitrogens with one attached hydrogen (secondary N) is 1. The highest BCUT2D eigenvalue weighted by molar-refractivity contribution is 7.89. The molecule has 9 nitrogen and oxygen atoms in total. The van der Waals surface area contributed by atoms with Gasteiger partial charge in [-0.2, -0.15) is 4.72 Å². The van der Waals surface area contributed by atoms with Crippen LogP contribution in [0.2, 0.25) is 5.02 Å². The topological polar surface area (TPSA) is 103 Å². The Balaban J connectivity index is 1.17. The van der Waals surface area contributed by atoms with Gasteiger partial charge in [-0.05, 0) is 65.6 Å². The molecule has 200 valence electrons. The number of piperidine rings is 1. The fourth-order valence-corrected chi connectivity index (χ4v) is 6.43. The summed E-state index contributed by atoms with van der Waals surface area (Å²) in [5.74, 6) is -0.476. The number of halogens is 1. The van der Waals surface area contributed by atoms with Crippen LogP contribution in [0.5, 0.6) is 0 Å². The van der Waals surface area contributed by atoms with Gasteiger partial charge in [0.2, 0.25) is 21.8 Å². The maximum atomic E-state index is 13.2. The zero-order chi connectivity index (χ0) is 26.7. The minimum absolute atomic E-state index is 0.0435. The van der Waals surface area contributed by atoms with Gasteiger partial charge in [-0.15, -0.1) is 0 Å². The molecule has 2 aromatic carbocycles. The second kappa shape index (κ2) is 11.4. The molecule has 0 bridgehead atoms. The lowest BCUT2D eigenvalue weighted by molar-refractivity contribution is -0.144. The van der Waals surface area contributed by atoms with Crippen molar-refractivity contribution in [2.24, 2.45) is 0 Å². The molecule has 1 aromatic heterocycles. The number of likely N-dealkylation sites (tertiary alicyclic amines) is 1. The summed E-state index contributed by atoms with van der Waals surface area (Å²) < 4.78 is 28.8. The van der Waals surface area contributed by atoms with Crippen LogP contribution in [-0.4, -0.2) is 85.2 Å². The van der Waals surface area contributed by atoms with Crippen molar-refractivity contribution in [2.45, 2.75) is 30.3 Å². The molecule has 3 aromatic rings. The quantitative estimate of drug-likeness (QED) is 0.480. The molecular weight excluding hydrogens is 526 g/mol. The van der Waals surface area contributed by atoms with E-state index in [4.69, 9.17) is 11.6 Å². The number of sulfonamides is 1. The number of hydrogen-bond donors (Lipinski definition) is 1. The monoisotopic (exact) mass is 555 g/mol. The minimum Gasteiger partial charge on any atom is -0.339 e. The van der Waals surface area contributed by atoms with Gasteiger partial charge in [-0.25, -0.2) is 8.42 Å².